The maximum Gasteiger partial charge on any atom is 0.321 e. The molecule has 0 aromatic heterocycles. The first-order valence-electron chi connectivity index (χ1n) is 10.8. The Morgan fingerprint density at radius 1 is 0.963 bits per heavy atom. The third kappa shape index (κ3) is 12.8. The minimum atomic E-state index is -1.18. The molecule has 0 saturated heterocycles. The van der Waals surface area contributed by atoms with Gasteiger partial charge in [-0.2, -0.15) is 0 Å². The SMILES string of the molecule is CCCCCCCCCCCC(CC)NC(=O)C(CN(C)C)[C@@H](N)C(=O)O. The van der Waals surface area contributed by atoms with Crippen LogP contribution in [-0.4, -0.2) is 54.6 Å². The monoisotopic (exact) mass is 385 g/mol. The summed E-state index contributed by atoms with van der Waals surface area (Å²) in [5.41, 5.74) is 5.74. The van der Waals surface area contributed by atoms with Crippen LogP contribution in [0, 0.1) is 5.92 Å². The van der Waals surface area contributed by atoms with Crippen LogP contribution >= 0.6 is 0 Å². The van der Waals surface area contributed by atoms with Crippen molar-refractivity contribution in [2.45, 2.75) is 96.6 Å². The molecule has 27 heavy (non-hydrogen) atoms. The van der Waals surface area contributed by atoms with Gasteiger partial charge < -0.3 is 21.1 Å². The second-order valence-corrected chi connectivity index (χ2v) is 7.96. The maximum absolute atomic E-state index is 12.6. The molecule has 0 aromatic rings. The number of carbonyl (C=O) groups is 2. The van der Waals surface area contributed by atoms with Crippen molar-refractivity contribution in [1.29, 1.82) is 0 Å². The number of nitrogens with two attached hydrogens (primary N) is 1. The third-order valence-corrected chi connectivity index (χ3v) is 5.11. The Labute approximate surface area is 166 Å². The minimum Gasteiger partial charge on any atom is -0.480 e. The molecule has 0 saturated carbocycles. The molecule has 2 unspecified atom stereocenters. The highest BCUT2D eigenvalue weighted by Gasteiger charge is 2.32. The van der Waals surface area contributed by atoms with E-state index in [0.717, 1.165) is 19.3 Å². The molecular formula is C21H43N3O3. The van der Waals surface area contributed by atoms with Gasteiger partial charge in [0.25, 0.3) is 0 Å². The number of nitrogens with one attached hydrogen (secondary N) is 1. The predicted molar refractivity (Wildman–Crippen MR) is 112 cm³/mol. The van der Waals surface area contributed by atoms with Crippen LogP contribution < -0.4 is 11.1 Å². The number of carboxylic acids is 1. The molecule has 0 aromatic carbocycles. The topological polar surface area (TPSA) is 95.7 Å². The molecule has 1 amide bonds. The van der Waals surface area contributed by atoms with Crippen LogP contribution in [0.3, 0.4) is 0 Å². The van der Waals surface area contributed by atoms with E-state index in [0.29, 0.717) is 6.54 Å². The van der Waals surface area contributed by atoms with Gasteiger partial charge in [-0.3, -0.25) is 9.59 Å². The van der Waals surface area contributed by atoms with Gasteiger partial charge in [0.1, 0.15) is 6.04 Å². The van der Waals surface area contributed by atoms with Crippen molar-refractivity contribution in [1.82, 2.24) is 10.2 Å². The molecule has 6 nitrogen and oxygen atoms in total. The van der Waals surface area contributed by atoms with E-state index in [2.05, 4.69) is 19.2 Å². The van der Waals surface area contributed by atoms with Crippen molar-refractivity contribution in [2.24, 2.45) is 11.7 Å². The Hall–Kier alpha value is -1.14. The lowest BCUT2D eigenvalue weighted by Crippen LogP contribution is -2.52. The molecule has 0 aliphatic rings. The van der Waals surface area contributed by atoms with Gasteiger partial charge in [0.2, 0.25) is 5.91 Å². The molecule has 0 spiro atoms. The van der Waals surface area contributed by atoms with Gasteiger partial charge in [-0.25, -0.2) is 0 Å². The van der Waals surface area contributed by atoms with E-state index in [1.807, 2.05) is 14.1 Å². The molecule has 0 rings (SSSR count). The summed E-state index contributed by atoms with van der Waals surface area (Å²) in [5, 5.41) is 12.2. The second kappa shape index (κ2) is 15.9. The zero-order valence-electron chi connectivity index (χ0n) is 18.0. The van der Waals surface area contributed by atoms with E-state index < -0.39 is 17.9 Å². The fraction of sp³-hybridized carbons (Fsp3) is 0.905. The third-order valence-electron chi connectivity index (χ3n) is 5.11. The maximum atomic E-state index is 12.6. The van der Waals surface area contributed by atoms with Crippen molar-refractivity contribution in [3.05, 3.63) is 0 Å². The Kier molecular flexibility index (Phi) is 15.2. The highest BCUT2D eigenvalue weighted by Crippen LogP contribution is 2.13. The molecule has 3 atom stereocenters. The second-order valence-electron chi connectivity index (χ2n) is 7.96. The van der Waals surface area contributed by atoms with Crippen LogP contribution in [0.2, 0.25) is 0 Å². The first-order valence-corrected chi connectivity index (χ1v) is 10.8. The van der Waals surface area contributed by atoms with Gasteiger partial charge in [0, 0.05) is 12.6 Å². The van der Waals surface area contributed by atoms with Crippen LogP contribution in [0.1, 0.15) is 84.5 Å². The quantitative estimate of drug-likeness (QED) is 0.334. The van der Waals surface area contributed by atoms with Gasteiger partial charge in [-0.05, 0) is 26.9 Å². The number of nitrogens with zero attached hydrogens (tertiary/aromatic N) is 1. The number of carbonyl (C=O) groups excluding carboxylic acids is 1. The molecule has 0 aliphatic heterocycles. The summed E-state index contributed by atoms with van der Waals surface area (Å²) in [6.07, 6.45) is 13.3. The molecule has 0 radical (unpaired) electrons. The van der Waals surface area contributed by atoms with E-state index in [-0.39, 0.29) is 11.9 Å². The average Bonchev–Trinajstić information content (AvgIpc) is 2.62. The first kappa shape index (κ1) is 25.9. The summed E-state index contributed by atoms with van der Waals surface area (Å²) in [4.78, 5) is 25.6. The van der Waals surface area contributed by atoms with Crippen molar-refractivity contribution in [2.75, 3.05) is 20.6 Å². The predicted octanol–water partition coefficient (Wildman–Crippen LogP) is 3.39. The van der Waals surface area contributed by atoms with E-state index in [1.165, 1.54) is 51.4 Å². The highest BCUT2D eigenvalue weighted by atomic mass is 16.4. The van der Waals surface area contributed by atoms with Crippen molar-refractivity contribution >= 4 is 11.9 Å². The van der Waals surface area contributed by atoms with Crippen molar-refractivity contribution in [3.63, 3.8) is 0 Å². The fourth-order valence-corrected chi connectivity index (χ4v) is 3.31. The van der Waals surface area contributed by atoms with Gasteiger partial charge in [-0.15, -0.1) is 0 Å². The largest absolute Gasteiger partial charge is 0.480 e. The lowest BCUT2D eigenvalue weighted by atomic mass is 9.97. The first-order chi connectivity index (χ1) is 12.8. The Morgan fingerprint density at radius 3 is 1.93 bits per heavy atom. The van der Waals surface area contributed by atoms with Gasteiger partial charge in [-0.1, -0.05) is 71.6 Å². The number of rotatable bonds is 17. The van der Waals surface area contributed by atoms with E-state index in [9.17, 15) is 14.7 Å². The van der Waals surface area contributed by atoms with E-state index in [1.54, 1.807) is 4.90 Å². The van der Waals surface area contributed by atoms with Crippen LogP contribution in [0.15, 0.2) is 0 Å². The lowest BCUT2D eigenvalue weighted by molar-refractivity contribution is -0.143. The van der Waals surface area contributed by atoms with Crippen LogP contribution in [-0.2, 0) is 9.59 Å². The fourth-order valence-electron chi connectivity index (χ4n) is 3.31. The Bertz CT molecular complexity index is 402. The summed E-state index contributed by atoms with van der Waals surface area (Å²) in [6, 6.07) is -1.09. The van der Waals surface area contributed by atoms with Gasteiger partial charge in [0.05, 0.1) is 5.92 Å². The van der Waals surface area contributed by atoms with Crippen LogP contribution in [0.5, 0.6) is 0 Å². The molecule has 4 N–H and O–H groups in total. The number of carboxylic acid groups (broad SMARTS) is 1. The molecule has 160 valence electrons. The molecule has 6 heteroatoms. The van der Waals surface area contributed by atoms with Gasteiger partial charge in [0.15, 0.2) is 0 Å². The normalized spacial score (nSPS) is 14.7. The smallest absolute Gasteiger partial charge is 0.321 e. The summed E-state index contributed by atoms with van der Waals surface area (Å²) in [7, 11) is 3.63. The average molecular weight is 386 g/mol. The number of unbranched alkanes of at least 4 members (excludes halogenated alkanes) is 8. The highest BCUT2D eigenvalue weighted by molar-refractivity contribution is 5.86. The summed E-state index contributed by atoms with van der Waals surface area (Å²) >= 11 is 0. The van der Waals surface area contributed by atoms with Crippen LogP contribution in [0.4, 0.5) is 0 Å². The molecule has 0 heterocycles. The van der Waals surface area contributed by atoms with E-state index in [4.69, 9.17) is 5.73 Å². The zero-order chi connectivity index (χ0) is 20.7. The standard InChI is InChI=1S/C21H43N3O3/c1-5-7-8-9-10-11-12-13-14-15-17(6-2)23-20(25)18(16-24(3)4)19(22)21(26)27/h17-19H,5-16,22H2,1-4H3,(H,23,25)(H,26,27)/t17?,18?,19-/m1/s1. The molecule has 0 bridgehead atoms. The lowest BCUT2D eigenvalue weighted by Gasteiger charge is -2.26. The summed E-state index contributed by atoms with van der Waals surface area (Å²) in [5.74, 6) is -2.12. The number of hydrogen-bond donors (Lipinski definition) is 3. The summed E-state index contributed by atoms with van der Waals surface area (Å²) in [6.45, 7) is 4.62. The minimum absolute atomic E-state index is 0.0905. The van der Waals surface area contributed by atoms with Crippen molar-refractivity contribution in [3.8, 4) is 0 Å². The summed E-state index contributed by atoms with van der Waals surface area (Å²) < 4.78 is 0. The Balaban J connectivity index is 4.20. The van der Waals surface area contributed by atoms with E-state index >= 15 is 0 Å². The molecule has 0 aliphatic carbocycles. The number of amides is 1. The van der Waals surface area contributed by atoms with Gasteiger partial charge >= 0.3 is 5.97 Å². The van der Waals surface area contributed by atoms with Crippen LogP contribution in [0.25, 0.3) is 0 Å². The van der Waals surface area contributed by atoms with Crippen molar-refractivity contribution < 1.29 is 14.7 Å². The number of hydrogen-bond acceptors (Lipinski definition) is 4. The molecular weight excluding hydrogens is 342 g/mol. The zero-order valence-corrected chi connectivity index (χ0v) is 18.0. The number of aliphatic carboxylic acids is 1. The molecule has 0 fully saturated rings. The Morgan fingerprint density at radius 2 is 1.48 bits per heavy atom.